The Hall–Kier alpha value is -2.45. The predicted molar refractivity (Wildman–Crippen MR) is 133 cm³/mol. The molecule has 4 fully saturated rings. The molecule has 3 aliphatic heterocycles. The van der Waals surface area contributed by atoms with Crippen molar-refractivity contribution in [3.05, 3.63) is 29.8 Å². The van der Waals surface area contributed by atoms with Gasteiger partial charge in [-0.2, -0.15) is 0 Å². The molecule has 0 aromatic heterocycles. The highest BCUT2D eigenvalue weighted by molar-refractivity contribution is 5.99. The number of fused-ring (bicyclic) bond motifs is 1. The minimum Gasteiger partial charge on any atom is -0.369 e. The summed E-state index contributed by atoms with van der Waals surface area (Å²) in [7, 11) is 0. The summed E-state index contributed by atoms with van der Waals surface area (Å²) >= 11 is 0. The molecule has 0 spiro atoms. The molecular weight excluding hydrogens is 444 g/mol. The molecule has 1 N–H and O–H groups in total. The van der Waals surface area contributed by atoms with Crippen molar-refractivity contribution < 1.29 is 19.1 Å². The number of ketones is 1. The highest BCUT2D eigenvalue weighted by atomic mass is 16.5. The van der Waals surface area contributed by atoms with Gasteiger partial charge in [0, 0.05) is 50.0 Å². The second kappa shape index (κ2) is 9.54. The molecule has 0 bridgehead atoms. The van der Waals surface area contributed by atoms with Crippen molar-refractivity contribution in [3.63, 3.8) is 0 Å². The standard InChI is InChI=1S/C27H38N4O4/c1-27(2,3)16-21(26(34)31-11-10-23-24(31)22(32)17-35-23)28-25(33)18-4-6-19(7-5-18)29-12-14-30(15-13-29)20-8-9-20/h4-7,20-21,23-24H,8-17H2,1-3H3,(H,28,33)/t21-,23+,24+/m0/s1. The third-order valence-electron chi connectivity index (χ3n) is 7.69. The van der Waals surface area contributed by atoms with Crippen LogP contribution in [0, 0.1) is 5.41 Å². The van der Waals surface area contributed by atoms with Gasteiger partial charge < -0.3 is 19.9 Å². The Morgan fingerprint density at radius 3 is 2.34 bits per heavy atom. The fourth-order valence-electron chi connectivity index (χ4n) is 5.70. The van der Waals surface area contributed by atoms with E-state index in [1.807, 2.05) is 45.0 Å². The van der Waals surface area contributed by atoms with Crippen molar-refractivity contribution >= 4 is 23.3 Å². The minimum absolute atomic E-state index is 0.0461. The monoisotopic (exact) mass is 482 g/mol. The maximum atomic E-state index is 13.5. The van der Waals surface area contributed by atoms with Crippen molar-refractivity contribution in [1.29, 1.82) is 0 Å². The molecule has 1 aromatic carbocycles. The molecular formula is C27H38N4O4. The first-order valence-electron chi connectivity index (χ1n) is 13.0. The van der Waals surface area contributed by atoms with Gasteiger partial charge in [0.25, 0.3) is 5.91 Å². The van der Waals surface area contributed by atoms with Crippen LogP contribution in [-0.2, 0) is 14.3 Å². The number of amides is 2. The number of rotatable bonds is 6. The van der Waals surface area contributed by atoms with Gasteiger partial charge in [-0.05, 0) is 55.4 Å². The molecule has 1 aliphatic carbocycles. The zero-order valence-electron chi connectivity index (χ0n) is 21.2. The summed E-state index contributed by atoms with van der Waals surface area (Å²) in [5.74, 6) is -0.498. The first kappa shape index (κ1) is 24.3. The summed E-state index contributed by atoms with van der Waals surface area (Å²) in [5, 5.41) is 2.98. The van der Waals surface area contributed by atoms with Crippen molar-refractivity contribution in [2.75, 3.05) is 44.2 Å². The molecule has 2 amide bonds. The third kappa shape index (κ3) is 5.38. The maximum absolute atomic E-state index is 13.5. The van der Waals surface area contributed by atoms with Crippen LogP contribution in [0.2, 0.25) is 0 Å². The number of benzene rings is 1. The predicted octanol–water partition coefficient (Wildman–Crippen LogP) is 2.07. The molecule has 5 rings (SSSR count). The quantitative estimate of drug-likeness (QED) is 0.669. The van der Waals surface area contributed by atoms with Crippen LogP contribution < -0.4 is 10.2 Å². The number of anilines is 1. The van der Waals surface area contributed by atoms with Crippen LogP contribution in [0.1, 0.15) is 56.8 Å². The zero-order valence-corrected chi connectivity index (χ0v) is 21.2. The van der Waals surface area contributed by atoms with Gasteiger partial charge in [-0.15, -0.1) is 0 Å². The van der Waals surface area contributed by atoms with Crippen LogP contribution in [-0.4, -0.2) is 91.0 Å². The highest BCUT2D eigenvalue weighted by Gasteiger charge is 2.48. The van der Waals surface area contributed by atoms with Gasteiger partial charge in [0.2, 0.25) is 5.91 Å². The minimum atomic E-state index is -0.690. The summed E-state index contributed by atoms with van der Waals surface area (Å²) in [6.45, 7) is 10.9. The van der Waals surface area contributed by atoms with Crippen LogP contribution in [0.5, 0.6) is 0 Å². The summed E-state index contributed by atoms with van der Waals surface area (Å²) < 4.78 is 5.54. The molecule has 3 saturated heterocycles. The molecule has 3 heterocycles. The molecule has 3 atom stereocenters. The average Bonchev–Trinajstić information content (AvgIpc) is 3.50. The summed E-state index contributed by atoms with van der Waals surface area (Å²) in [6, 6.07) is 7.29. The number of piperazine rings is 1. The number of carbonyl (C=O) groups excluding carboxylic acids is 3. The topological polar surface area (TPSA) is 82.2 Å². The maximum Gasteiger partial charge on any atom is 0.251 e. The van der Waals surface area contributed by atoms with E-state index in [1.165, 1.54) is 12.8 Å². The fraction of sp³-hybridized carbons (Fsp3) is 0.667. The third-order valence-corrected chi connectivity index (χ3v) is 7.69. The van der Waals surface area contributed by atoms with E-state index < -0.39 is 12.1 Å². The lowest BCUT2D eigenvalue weighted by Gasteiger charge is -2.36. The number of likely N-dealkylation sites (tertiary alicyclic amines) is 1. The fourth-order valence-corrected chi connectivity index (χ4v) is 5.70. The summed E-state index contributed by atoms with van der Waals surface area (Å²) in [4.78, 5) is 45.6. The van der Waals surface area contributed by atoms with E-state index in [4.69, 9.17) is 4.74 Å². The van der Waals surface area contributed by atoms with Gasteiger partial charge in [0.1, 0.15) is 18.7 Å². The number of carbonyl (C=O) groups is 3. The Morgan fingerprint density at radius 2 is 1.71 bits per heavy atom. The lowest BCUT2D eigenvalue weighted by atomic mass is 9.87. The van der Waals surface area contributed by atoms with E-state index in [9.17, 15) is 14.4 Å². The van der Waals surface area contributed by atoms with E-state index in [0.717, 1.165) is 37.9 Å². The van der Waals surface area contributed by atoms with E-state index in [-0.39, 0.29) is 35.7 Å². The Kier molecular flexibility index (Phi) is 6.61. The first-order valence-corrected chi connectivity index (χ1v) is 13.0. The number of hydrogen-bond donors (Lipinski definition) is 1. The highest BCUT2D eigenvalue weighted by Crippen LogP contribution is 2.30. The molecule has 8 nitrogen and oxygen atoms in total. The molecule has 1 aromatic rings. The van der Waals surface area contributed by atoms with E-state index in [0.29, 0.717) is 24.9 Å². The van der Waals surface area contributed by atoms with Crippen molar-refractivity contribution in [1.82, 2.24) is 15.1 Å². The molecule has 8 heteroatoms. The van der Waals surface area contributed by atoms with Gasteiger partial charge in [0.05, 0.1) is 6.10 Å². The number of ether oxygens (including phenoxy) is 1. The molecule has 0 unspecified atom stereocenters. The SMILES string of the molecule is CC(C)(C)C[C@H](NC(=O)c1ccc(N2CCN(C3CC3)CC2)cc1)C(=O)N1CC[C@H]2OCC(=O)[C@H]21. The van der Waals surface area contributed by atoms with Gasteiger partial charge in [-0.3, -0.25) is 19.3 Å². The normalized spacial score (nSPS) is 26.1. The van der Waals surface area contributed by atoms with Gasteiger partial charge in [0.15, 0.2) is 5.78 Å². The number of nitrogens with zero attached hydrogens (tertiary/aromatic N) is 3. The Labute approximate surface area is 207 Å². The molecule has 0 radical (unpaired) electrons. The van der Waals surface area contributed by atoms with Gasteiger partial charge in [-0.25, -0.2) is 0 Å². The first-order chi connectivity index (χ1) is 16.7. The summed E-state index contributed by atoms with van der Waals surface area (Å²) in [5.41, 5.74) is 1.49. The van der Waals surface area contributed by atoms with Crippen molar-refractivity contribution in [2.45, 2.75) is 70.7 Å². The molecule has 190 valence electrons. The molecule has 1 saturated carbocycles. The second-order valence-electron chi connectivity index (χ2n) is 11.7. The van der Waals surface area contributed by atoms with Crippen LogP contribution in [0.4, 0.5) is 5.69 Å². The largest absolute Gasteiger partial charge is 0.369 e. The van der Waals surface area contributed by atoms with E-state index in [2.05, 4.69) is 15.1 Å². The molecule has 4 aliphatic rings. The smallest absolute Gasteiger partial charge is 0.251 e. The van der Waals surface area contributed by atoms with Gasteiger partial charge in [-0.1, -0.05) is 20.8 Å². The second-order valence-corrected chi connectivity index (χ2v) is 11.7. The van der Waals surface area contributed by atoms with E-state index in [1.54, 1.807) is 4.90 Å². The lowest BCUT2D eigenvalue weighted by molar-refractivity contribution is -0.138. The summed E-state index contributed by atoms with van der Waals surface area (Å²) in [6.07, 6.45) is 3.62. The zero-order chi connectivity index (χ0) is 24.7. The van der Waals surface area contributed by atoms with E-state index >= 15 is 0 Å². The number of Topliss-reactive ketones (excluding diaryl/α,β-unsaturated/α-hetero) is 1. The lowest BCUT2D eigenvalue weighted by Crippen LogP contribution is -2.53. The van der Waals surface area contributed by atoms with Crippen LogP contribution >= 0.6 is 0 Å². The Bertz CT molecular complexity index is 960. The van der Waals surface area contributed by atoms with Gasteiger partial charge >= 0.3 is 0 Å². The Balaban J connectivity index is 1.24. The number of nitrogens with one attached hydrogen (secondary N) is 1. The average molecular weight is 483 g/mol. The van der Waals surface area contributed by atoms with Crippen LogP contribution in [0.25, 0.3) is 0 Å². The van der Waals surface area contributed by atoms with Crippen molar-refractivity contribution in [3.8, 4) is 0 Å². The molecule has 35 heavy (non-hydrogen) atoms. The Morgan fingerprint density at radius 1 is 1.03 bits per heavy atom. The van der Waals surface area contributed by atoms with Crippen LogP contribution in [0.15, 0.2) is 24.3 Å². The van der Waals surface area contributed by atoms with Crippen molar-refractivity contribution in [2.24, 2.45) is 5.41 Å². The van der Waals surface area contributed by atoms with Crippen LogP contribution in [0.3, 0.4) is 0 Å². The number of hydrogen-bond acceptors (Lipinski definition) is 6.